The Hall–Kier alpha value is -2.36. The minimum Gasteiger partial charge on any atom is -0.376 e. The predicted octanol–water partition coefficient (Wildman–Crippen LogP) is 2.68. The first kappa shape index (κ1) is 13.6. The lowest BCUT2D eigenvalue weighted by Crippen LogP contribution is -2.36. The lowest BCUT2D eigenvalue weighted by molar-refractivity contribution is -0.130. The van der Waals surface area contributed by atoms with Crippen LogP contribution in [0.25, 0.3) is 0 Å². The maximum atomic E-state index is 12.5. The molecule has 1 amide bonds. The summed E-state index contributed by atoms with van der Waals surface area (Å²) in [5.74, 6) is 0.151. The van der Waals surface area contributed by atoms with E-state index in [-0.39, 0.29) is 5.91 Å². The number of pyridine rings is 1. The van der Waals surface area contributed by atoms with Crippen molar-refractivity contribution >= 4 is 11.6 Å². The molecule has 1 heterocycles. The fraction of sp³-hybridized carbons (Fsp3) is 0.294. The Balaban J connectivity index is 1.60. The van der Waals surface area contributed by atoms with Crippen LogP contribution < -0.4 is 5.32 Å². The van der Waals surface area contributed by atoms with Gasteiger partial charge in [0.25, 0.3) is 0 Å². The molecule has 4 nitrogen and oxygen atoms in total. The summed E-state index contributed by atoms with van der Waals surface area (Å²) in [6, 6.07) is 14.2. The highest BCUT2D eigenvalue weighted by atomic mass is 16.2. The Morgan fingerprint density at radius 3 is 2.52 bits per heavy atom. The van der Waals surface area contributed by atoms with Gasteiger partial charge in [-0.1, -0.05) is 18.2 Å². The van der Waals surface area contributed by atoms with Gasteiger partial charge in [-0.25, -0.2) is 0 Å². The second-order valence-corrected chi connectivity index (χ2v) is 5.33. The van der Waals surface area contributed by atoms with Crippen LogP contribution in [-0.4, -0.2) is 28.4 Å². The molecule has 1 fully saturated rings. The molecule has 2 aromatic rings. The van der Waals surface area contributed by atoms with Gasteiger partial charge in [0, 0.05) is 30.7 Å². The van der Waals surface area contributed by atoms with Gasteiger partial charge in [-0.3, -0.25) is 9.78 Å². The number of hydrogen-bond acceptors (Lipinski definition) is 3. The molecule has 3 rings (SSSR count). The molecule has 0 unspecified atom stereocenters. The van der Waals surface area contributed by atoms with Crippen molar-refractivity contribution in [3.8, 4) is 0 Å². The van der Waals surface area contributed by atoms with E-state index in [0.717, 1.165) is 24.1 Å². The summed E-state index contributed by atoms with van der Waals surface area (Å²) in [6.07, 6.45) is 5.77. The number of para-hydroxylation sites is 1. The van der Waals surface area contributed by atoms with E-state index in [9.17, 15) is 4.79 Å². The van der Waals surface area contributed by atoms with Crippen LogP contribution in [0.3, 0.4) is 0 Å². The van der Waals surface area contributed by atoms with Crippen molar-refractivity contribution in [1.82, 2.24) is 9.88 Å². The number of nitrogens with one attached hydrogen (secondary N) is 1. The molecule has 1 N–H and O–H groups in total. The SMILES string of the molecule is O=C(CNc1ccccc1)N(Cc1ccncc1)C1CC1. The van der Waals surface area contributed by atoms with E-state index < -0.39 is 0 Å². The number of carbonyl (C=O) groups is 1. The minimum absolute atomic E-state index is 0.151. The number of rotatable bonds is 6. The molecule has 0 spiro atoms. The van der Waals surface area contributed by atoms with Gasteiger partial charge in [-0.05, 0) is 42.7 Å². The predicted molar refractivity (Wildman–Crippen MR) is 82.7 cm³/mol. The van der Waals surface area contributed by atoms with Gasteiger partial charge in [-0.2, -0.15) is 0 Å². The fourth-order valence-electron chi connectivity index (χ4n) is 2.33. The van der Waals surface area contributed by atoms with Crippen LogP contribution in [0.1, 0.15) is 18.4 Å². The number of amides is 1. The molecule has 21 heavy (non-hydrogen) atoms. The number of anilines is 1. The molecule has 1 aromatic heterocycles. The van der Waals surface area contributed by atoms with Crippen molar-refractivity contribution in [2.75, 3.05) is 11.9 Å². The summed E-state index contributed by atoms with van der Waals surface area (Å²) >= 11 is 0. The Morgan fingerprint density at radius 2 is 1.86 bits per heavy atom. The van der Waals surface area contributed by atoms with Gasteiger partial charge in [-0.15, -0.1) is 0 Å². The maximum absolute atomic E-state index is 12.5. The van der Waals surface area contributed by atoms with E-state index in [1.165, 1.54) is 0 Å². The van der Waals surface area contributed by atoms with E-state index in [1.807, 2.05) is 47.4 Å². The monoisotopic (exact) mass is 281 g/mol. The summed E-state index contributed by atoms with van der Waals surface area (Å²) in [7, 11) is 0. The average molecular weight is 281 g/mol. The molecule has 1 aromatic carbocycles. The Bertz CT molecular complexity index is 581. The molecule has 1 saturated carbocycles. The van der Waals surface area contributed by atoms with Crippen molar-refractivity contribution in [1.29, 1.82) is 0 Å². The topological polar surface area (TPSA) is 45.2 Å². The highest BCUT2D eigenvalue weighted by Crippen LogP contribution is 2.28. The van der Waals surface area contributed by atoms with Crippen LogP contribution >= 0.6 is 0 Å². The average Bonchev–Trinajstić information content (AvgIpc) is 3.37. The van der Waals surface area contributed by atoms with Crippen molar-refractivity contribution in [2.45, 2.75) is 25.4 Å². The third kappa shape index (κ3) is 3.81. The molecule has 1 aliphatic rings. The summed E-state index contributed by atoms with van der Waals surface area (Å²) in [4.78, 5) is 18.4. The summed E-state index contributed by atoms with van der Waals surface area (Å²) < 4.78 is 0. The highest BCUT2D eigenvalue weighted by Gasteiger charge is 2.32. The third-order valence-electron chi connectivity index (χ3n) is 3.63. The summed E-state index contributed by atoms with van der Waals surface area (Å²) in [5, 5.41) is 3.19. The third-order valence-corrected chi connectivity index (χ3v) is 3.63. The molecule has 0 bridgehead atoms. The molecule has 0 saturated heterocycles. The van der Waals surface area contributed by atoms with Gasteiger partial charge < -0.3 is 10.2 Å². The van der Waals surface area contributed by atoms with E-state index in [2.05, 4.69) is 10.3 Å². The highest BCUT2D eigenvalue weighted by molar-refractivity contribution is 5.81. The first-order chi connectivity index (χ1) is 10.3. The first-order valence-corrected chi connectivity index (χ1v) is 7.30. The van der Waals surface area contributed by atoms with E-state index in [0.29, 0.717) is 19.1 Å². The molecule has 108 valence electrons. The maximum Gasteiger partial charge on any atom is 0.242 e. The van der Waals surface area contributed by atoms with Gasteiger partial charge in [0.15, 0.2) is 0 Å². The van der Waals surface area contributed by atoms with Crippen LogP contribution in [-0.2, 0) is 11.3 Å². The van der Waals surface area contributed by atoms with Gasteiger partial charge in [0.05, 0.1) is 6.54 Å². The lowest BCUT2D eigenvalue weighted by Gasteiger charge is -2.23. The van der Waals surface area contributed by atoms with Crippen molar-refractivity contribution in [3.63, 3.8) is 0 Å². The number of benzene rings is 1. The smallest absolute Gasteiger partial charge is 0.242 e. The molecular weight excluding hydrogens is 262 g/mol. The molecule has 0 radical (unpaired) electrons. The molecule has 4 heteroatoms. The molecule has 0 aliphatic heterocycles. The Morgan fingerprint density at radius 1 is 1.14 bits per heavy atom. The first-order valence-electron chi connectivity index (χ1n) is 7.30. The molecule has 1 aliphatic carbocycles. The zero-order valence-electron chi connectivity index (χ0n) is 11.9. The second-order valence-electron chi connectivity index (χ2n) is 5.33. The van der Waals surface area contributed by atoms with Crippen LogP contribution in [0, 0.1) is 0 Å². The number of nitrogens with zero attached hydrogens (tertiary/aromatic N) is 2. The number of hydrogen-bond donors (Lipinski definition) is 1. The van der Waals surface area contributed by atoms with Crippen LogP contribution in [0.15, 0.2) is 54.9 Å². The summed E-state index contributed by atoms with van der Waals surface area (Å²) in [5.41, 5.74) is 2.11. The van der Waals surface area contributed by atoms with Gasteiger partial charge >= 0.3 is 0 Å². The van der Waals surface area contributed by atoms with Crippen LogP contribution in [0.4, 0.5) is 5.69 Å². The Kier molecular flexibility index (Phi) is 4.15. The van der Waals surface area contributed by atoms with Gasteiger partial charge in [0.2, 0.25) is 5.91 Å². The molecular formula is C17H19N3O. The van der Waals surface area contributed by atoms with E-state index >= 15 is 0 Å². The fourth-order valence-corrected chi connectivity index (χ4v) is 2.33. The zero-order valence-corrected chi connectivity index (χ0v) is 11.9. The van der Waals surface area contributed by atoms with Crippen molar-refractivity contribution in [2.24, 2.45) is 0 Å². The van der Waals surface area contributed by atoms with Crippen molar-refractivity contribution in [3.05, 3.63) is 60.4 Å². The standard InChI is InChI=1S/C17H19N3O/c21-17(12-19-15-4-2-1-3-5-15)20(16-6-7-16)13-14-8-10-18-11-9-14/h1-5,8-11,16,19H,6-7,12-13H2. The lowest BCUT2D eigenvalue weighted by atomic mass is 10.2. The largest absolute Gasteiger partial charge is 0.376 e. The second kappa shape index (κ2) is 6.39. The van der Waals surface area contributed by atoms with Crippen LogP contribution in [0.5, 0.6) is 0 Å². The minimum atomic E-state index is 0.151. The van der Waals surface area contributed by atoms with E-state index in [4.69, 9.17) is 0 Å². The molecule has 0 atom stereocenters. The van der Waals surface area contributed by atoms with Gasteiger partial charge in [0.1, 0.15) is 0 Å². The number of aromatic nitrogens is 1. The normalized spacial score (nSPS) is 13.7. The quantitative estimate of drug-likeness (QED) is 0.885. The Labute approximate surface area is 124 Å². The number of carbonyl (C=O) groups excluding carboxylic acids is 1. The zero-order chi connectivity index (χ0) is 14.5. The van der Waals surface area contributed by atoms with Crippen molar-refractivity contribution < 1.29 is 4.79 Å². The van der Waals surface area contributed by atoms with Crippen LogP contribution in [0.2, 0.25) is 0 Å². The van der Waals surface area contributed by atoms with E-state index in [1.54, 1.807) is 12.4 Å². The summed E-state index contributed by atoms with van der Waals surface area (Å²) in [6.45, 7) is 1.01.